The van der Waals surface area contributed by atoms with Crippen LogP contribution in [0.1, 0.15) is 6.42 Å². The van der Waals surface area contributed by atoms with Crippen molar-refractivity contribution in [2.75, 3.05) is 0 Å². The van der Waals surface area contributed by atoms with Gasteiger partial charge in [-0.15, -0.1) is 0 Å². The first-order chi connectivity index (χ1) is 5.92. The Morgan fingerprint density at radius 3 is 2.15 bits per heavy atom. The minimum absolute atomic E-state index is 0.731. The first-order valence-electron chi connectivity index (χ1n) is 3.13. The predicted molar refractivity (Wildman–Crippen MR) is 32.6 cm³/mol. The molecule has 0 fully saturated rings. The van der Waals surface area contributed by atoms with E-state index in [4.69, 9.17) is 5.26 Å². The van der Waals surface area contributed by atoms with Crippen molar-refractivity contribution in [1.82, 2.24) is 0 Å². The second-order valence-corrected chi connectivity index (χ2v) is 2.44. The van der Waals surface area contributed by atoms with Gasteiger partial charge in [-0.2, -0.15) is 5.26 Å². The van der Waals surface area contributed by atoms with Crippen molar-refractivity contribution < 1.29 is 22.0 Å². The number of halogens is 5. The van der Waals surface area contributed by atoms with Crippen LogP contribution in [0.5, 0.6) is 0 Å². The summed E-state index contributed by atoms with van der Waals surface area (Å²) in [5.74, 6) is -8.38. The molecule has 1 rings (SSSR count). The topological polar surface area (TPSA) is 23.8 Å². The fraction of sp³-hybridized carbons (Fsp3) is 0.286. The summed E-state index contributed by atoms with van der Waals surface area (Å²) < 4.78 is 62.4. The minimum atomic E-state index is -3.43. The van der Waals surface area contributed by atoms with E-state index in [1.54, 1.807) is 0 Å². The summed E-state index contributed by atoms with van der Waals surface area (Å²) in [7, 11) is 0. The summed E-state index contributed by atoms with van der Waals surface area (Å²) in [6.45, 7) is 0. The van der Waals surface area contributed by atoms with Crippen LogP contribution < -0.4 is 0 Å². The van der Waals surface area contributed by atoms with E-state index in [9.17, 15) is 22.0 Å². The fourth-order valence-corrected chi connectivity index (χ4v) is 0.847. The Balaban J connectivity index is 3.29. The zero-order chi connectivity index (χ0) is 10.2. The lowest BCUT2D eigenvalue weighted by molar-refractivity contribution is 0.206. The van der Waals surface area contributed by atoms with Crippen molar-refractivity contribution in [1.29, 1.82) is 5.26 Å². The maximum Gasteiger partial charge on any atom is 0.256 e. The third-order valence-corrected chi connectivity index (χ3v) is 1.55. The highest BCUT2D eigenvalue weighted by Gasteiger charge is 2.45. The molecule has 0 N–H and O–H groups in total. The van der Waals surface area contributed by atoms with Gasteiger partial charge in [-0.25, -0.2) is 22.0 Å². The van der Waals surface area contributed by atoms with Gasteiger partial charge in [-0.1, -0.05) is 0 Å². The standard InChI is InChI=1S/C7H2F5N/c8-3-1-7(12,2-13)6(11)5(10)4(3)9/h1H2. The highest BCUT2D eigenvalue weighted by molar-refractivity contribution is 5.39. The van der Waals surface area contributed by atoms with Gasteiger partial charge < -0.3 is 0 Å². The van der Waals surface area contributed by atoms with Crippen molar-refractivity contribution in [3.8, 4) is 6.07 Å². The smallest absolute Gasteiger partial charge is 0.219 e. The van der Waals surface area contributed by atoms with Gasteiger partial charge in [0.25, 0.3) is 5.67 Å². The van der Waals surface area contributed by atoms with Crippen LogP contribution in [-0.4, -0.2) is 5.67 Å². The molecule has 0 spiro atoms. The van der Waals surface area contributed by atoms with Gasteiger partial charge in [0.1, 0.15) is 11.9 Å². The number of allylic oxidation sites excluding steroid dienone is 4. The maximum atomic E-state index is 12.9. The molecule has 1 unspecified atom stereocenters. The van der Waals surface area contributed by atoms with E-state index in [-0.39, 0.29) is 0 Å². The molecule has 1 nitrogen and oxygen atoms in total. The van der Waals surface area contributed by atoms with Crippen LogP contribution in [0.2, 0.25) is 0 Å². The Hall–Kier alpha value is -1.38. The van der Waals surface area contributed by atoms with Gasteiger partial charge in [0.2, 0.25) is 0 Å². The van der Waals surface area contributed by atoms with Crippen LogP contribution in [0.25, 0.3) is 0 Å². The molecule has 0 aromatic rings. The highest BCUT2D eigenvalue weighted by atomic mass is 19.2. The largest absolute Gasteiger partial charge is 0.256 e. The summed E-state index contributed by atoms with van der Waals surface area (Å²) >= 11 is 0. The van der Waals surface area contributed by atoms with Crippen molar-refractivity contribution >= 4 is 0 Å². The Labute approximate surface area is 69.8 Å². The lowest BCUT2D eigenvalue weighted by Crippen LogP contribution is -2.25. The van der Waals surface area contributed by atoms with Gasteiger partial charge in [0.15, 0.2) is 17.5 Å². The van der Waals surface area contributed by atoms with Gasteiger partial charge in [-0.05, 0) is 0 Å². The second-order valence-electron chi connectivity index (χ2n) is 2.44. The van der Waals surface area contributed by atoms with Crippen LogP contribution in [0, 0.1) is 11.3 Å². The molecule has 0 saturated heterocycles. The third kappa shape index (κ3) is 1.30. The lowest BCUT2D eigenvalue weighted by Gasteiger charge is -2.18. The first kappa shape index (κ1) is 9.71. The van der Waals surface area contributed by atoms with E-state index in [1.165, 1.54) is 0 Å². The maximum absolute atomic E-state index is 12.9. The van der Waals surface area contributed by atoms with E-state index >= 15 is 0 Å². The molecule has 0 aromatic heterocycles. The molecule has 0 heterocycles. The van der Waals surface area contributed by atoms with Crippen molar-refractivity contribution in [3.63, 3.8) is 0 Å². The number of rotatable bonds is 0. The molecule has 6 heteroatoms. The van der Waals surface area contributed by atoms with Crippen LogP contribution in [0.15, 0.2) is 23.3 Å². The van der Waals surface area contributed by atoms with Gasteiger partial charge in [0, 0.05) is 0 Å². The van der Waals surface area contributed by atoms with E-state index in [0.29, 0.717) is 0 Å². The molecule has 0 bridgehead atoms. The molecule has 0 amide bonds. The molecule has 1 aliphatic rings. The van der Waals surface area contributed by atoms with E-state index in [1.807, 2.05) is 0 Å². The lowest BCUT2D eigenvalue weighted by atomic mass is 9.96. The molecule has 70 valence electrons. The van der Waals surface area contributed by atoms with E-state index in [0.717, 1.165) is 6.07 Å². The molecule has 0 aliphatic heterocycles. The summed E-state index contributed by atoms with van der Waals surface area (Å²) in [5.41, 5.74) is -3.43. The van der Waals surface area contributed by atoms with Crippen molar-refractivity contribution in [2.45, 2.75) is 12.1 Å². The highest BCUT2D eigenvalue weighted by Crippen LogP contribution is 2.41. The first-order valence-corrected chi connectivity index (χ1v) is 3.13. The normalized spacial score (nSPS) is 29.2. The Morgan fingerprint density at radius 2 is 1.69 bits per heavy atom. The zero-order valence-electron chi connectivity index (χ0n) is 6.04. The summed E-state index contributed by atoms with van der Waals surface area (Å²) in [6.07, 6.45) is -1.44. The molecule has 0 saturated carbocycles. The van der Waals surface area contributed by atoms with Crippen LogP contribution in [0.4, 0.5) is 22.0 Å². The molecule has 13 heavy (non-hydrogen) atoms. The van der Waals surface area contributed by atoms with E-state index < -0.39 is 35.4 Å². The Bertz CT molecular complexity index is 350. The van der Waals surface area contributed by atoms with Gasteiger partial charge >= 0.3 is 0 Å². The number of nitrogens with zero attached hydrogens (tertiary/aromatic N) is 1. The molecular weight excluding hydrogens is 193 g/mol. The Kier molecular flexibility index (Phi) is 2.12. The third-order valence-electron chi connectivity index (χ3n) is 1.55. The van der Waals surface area contributed by atoms with E-state index in [2.05, 4.69) is 0 Å². The predicted octanol–water partition coefficient (Wildman–Crippen LogP) is 2.92. The number of hydrogen-bond donors (Lipinski definition) is 0. The average molecular weight is 195 g/mol. The van der Waals surface area contributed by atoms with Crippen molar-refractivity contribution in [2.24, 2.45) is 0 Å². The molecule has 0 aromatic carbocycles. The van der Waals surface area contributed by atoms with Crippen LogP contribution in [-0.2, 0) is 0 Å². The Morgan fingerprint density at radius 1 is 1.15 bits per heavy atom. The average Bonchev–Trinajstić information content (AvgIpc) is 2.12. The summed E-state index contributed by atoms with van der Waals surface area (Å²) in [4.78, 5) is 0. The molecular formula is C7H2F5N. The molecule has 1 aliphatic carbocycles. The molecule has 0 radical (unpaired) electrons. The minimum Gasteiger partial charge on any atom is -0.219 e. The number of alkyl halides is 1. The number of hydrogen-bond acceptors (Lipinski definition) is 1. The van der Waals surface area contributed by atoms with Gasteiger partial charge in [0.05, 0.1) is 6.42 Å². The molecule has 1 atom stereocenters. The monoisotopic (exact) mass is 195 g/mol. The van der Waals surface area contributed by atoms with Crippen molar-refractivity contribution in [3.05, 3.63) is 23.3 Å². The summed E-state index contributed by atoms with van der Waals surface area (Å²) in [6, 6.07) is 0.731. The van der Waals surface area contributed by atoms with Gasteiger partial charge in [-0.3, -0.25) is 0 Å². The SMILES string of the molecule is N#CC1(F)CC(F)=C(F)C(F)=C1F. The number of nitriles is 1. The quantitative estimate of drug-likeness (QED) is 0.545. The second kappa shape index (κ2) is 2.83. The summed E-state index contributed by atoms with van der Waals surface area (Å²) in [5, 5.41) is 8.06. The van der Waals surface area contributed by atoms with Crippen LogP contribution in [0.3, 0.4) is 0 Å². The fourth-order valence-electron chi connectivity index (χ4n) is 0.847. The van der Waals surface area contributed by atoms with Crippen LogP contribution >= 0.6 is 0 Å². The zero-order valence-corrected chi connectivity index (χ0v) is 6.04.